The Morgan fingerprint density at radius 1 is 1.25 bits per heavy atom. The van der Waals surface area contributed by atoms with Crippen LogP contribution in [0.1, 0.15) is 25.3 Å². The zero-order valence-electron chi connectivity index (χ0n) is 7.46. The summed E-state index contributed by atoms with van der Waals surface area (Å²) in [4.78, 5) is 0. The van der Waals surface area contributed by atoms with Gasteiger partial charge in [-0.05, 0) is 36.8 Å². The molecule has 0 aromatic heterocycles. The van der Waals surface area contributed by atoms with Gasteiger partial charge in [0.2, 0.25) is 0 Å². The molecule has 0 spiro atoms. The van der Waals surface area contributed by atoms with Crippen LogP contribution >= 0.6 is 0 Å². The Morgan fingerprint density at radius 3 is 2.42 bits per heavy atom. The molecular weight excluding hydrogens is 144 g/mol. The van der Waals surface area contributed by atoms with Crippen LogP contribution in [0, 0.1) is 5.92 Å². The van der Waals surface area contributed by atoms with Crippen molar-refractivity contribution < 1.29 is 0 Å². The minimum atomic E-state index is 0.859. The zero-order valence-corrected chi connectivity index (χ0v) is 7.46. The number of rotatable bonds is 2. The maximum atomic E-state index is 2.26. The number of allylic oxidation sites excluding steroid dienone is 2. The molecule has 1 fully saturated rings. The third kappa shape index (κ3) is 1.42. The monoisotopic (exact) mass is 158 g/mol. The van der Waals surface area contributed by atoms with Crippen molar-refractivity contribution in [2.45, 2.75) is 19.8 Å². The highest BCUT2D eigenvalue weighted by Gasteiger charge is 2.25. The second-order valence-electron chi connectivity index (χ2n) is 3.38. The van der Waals surface area contributed by atoms with E-state index >= 15 is 0 Å². The van der Waals surface area contributed by atoms with Gasteiger partial charge in [0.05, 0.1) is 0 Å². The van der Waals surface area contributed by atoms with Gasteiger partial charge in [0.15, 0.2) is 0 Å². The summed E-state index contributed by atoms with van der Waals surface area (Å²) < 4.78 is 0. The lowest BCUT2D eigenvalue weighted by atomic mass is 10.0. The Morgan fingerprint density at radius 2 is 1.92 bits per heavy atom. The van der Waals surface area contributed by atoms with Gasteiger partial charge in [-0.15, -0.1) is 0 Å². The van der Waals surface area contributed by atoms with Crippen LogP contribution in [0.2, 0.25) is 0 Å². The molecule has 0 unspecified atom stereocenters. The van der Waals surface area contributed by atoms with E-state index in [2.05, 4.69) is 43.3 Å². The van der Waals surface area contributed by atoms with Crippen LogP contribution in [0.3, 0.4) is 0 Å². The molecular formula is C12H14. The Balaban J connectivity index is 2.28. The van der Waals surface area contributed by atoms with Crippen molar-refractivity contribution in [3.63, 3.8) is 0 Å². The summed E-state index contributed by atoms with van der Waals surface area (Å²) in [6.07, 6.45) is 5.02. The second-order valence-corrected chi connectivity index (χ2v) is 3.38. The molecule has 0 amide bonds. The SMILES string of the molecule is C/C=C(/c1ccccc1)C1CC1. The van der Waals surface area contributed by atoms with Crippen molar-refractivity contribution in [2.24, 2.45) is 5.92 Å². The van der Waals surface area contributed by atoms with Crippen molar-refractivity contribution in [2.75, 3.05) is 0 Å². The smallest absolute Gasteiger partial charge is 0.0159 e. The van der Waals surface area contributed by atoms with Crippen molar-refractivity contribution in [1.82, 2.24) is 0 Å². The van der Waals surface area contributed by atoms with E-state index < -0.39 is 0 Å². The van der Waals surface area contributed by atoms with Gasteiger partial charge < -0.3 is 0 Å². The molecule has 12 heavy (non-hydrogen) atoms. The summed E-state index contributed by atoms with van der Waals surface area (Å²) in [5.74, 6) is 0.859. The summed E-state index contributed by atoms with van der Waals surface area (Å²) in [6.45, 7) is 2.14. The Kier molecular flexibility index (Phi) is 1.99. The van der Waals surface area contributed by atoms with Gasteiger partial charge in [-0.1, -0.05) is 36.4 Å². The topological polar surface area (TPSA) is 0 Å². The summed E-state index contributed by atoms with van der Waals surface area (Å²) in [5.41, 5.74) is 2.94. The van der Waals surface area contributed by atoms with E-state index in [0.717, 1.165) is 5.92 Å². The summed E-state index contributed by atoms with van der Waals surface area (Å²) in [7, 11) is 0. The second kappa shape index (κ2) is 3.14. The van der Waals surface area contributed by atoms with E-state index in [1.54, 1.807) is 0 Å². The first-order chi connectivity index (χ1) is 5.92. The third-order valence-electron chi connectivity index (χ3n) is 2.44. The van der Waals surface area contributed by atoms with Crippen molar-refractivity contribution in [3.05, 3.63) is 42.0 Å². The minimum Gasteiger partial charge on any atom is -0.0836 e. The molecule has 0 N–H and O–H groups in total. The molecule has 1 saturated carbocycles. The predicted molar refractivity (Wildman–Crippen MR) is 52.8 cm³/mol. The Labute approximate surface area is 73.9 Å². The molecule has 0 radical (unpaired) electrons. The van der Waals surface area contributed by atoms with Crippen molar-refractivity contribution in [3.8, 4) is 0 Å². The maximum Gasteiger partial charge on any atom is -0.0159 e. The molecule has 62 valence electrons. The van der Waals surface area contributed by atoms with Crippen molar-refractivity contribution in [1.29, 1.82) is 0 Å². The predicted octanol–water partition coefficient (Wildman–Crippen LogP) is 3.50. The van der Waals surface area contributed by atoms with Crippen molar-refractivity contribution >= 4 is 5.57 Å². The zero-order chi connectivity index (χ0) is 8.39. The fourth-order valence-corrected chi connectivity index (χ4v) is 1.66. The lowest BCUT2D eigenvalue weighted by Crippen LogP contribution is -1.84. The number of hydrogen-bond acceptors (Lipinski definition) is 0. The lowest BCUT2D eigenvalue weighted by molar-refractivity contribution is 1.14. The summed E-state index contributed by atoms with van der Waals surface area (Å²) in [6, 6.07) is 10.7. The molecule has 0 atom stereocenters. The van der Waals surface area contributed by atoms with Crippen LogP contribution in [0.5, 0.6) is 0 Å². The lowest BCUT2D eigenvalue weighted by Gasteiger charge is -2.03. The van der Waals surface area contributed by atoms with Crippen LogP contribution in [-0.4, -0.2) is 0 Å². The van der Waals surface area contributed by atoms with Crippen LogP contribution in [0.15, 0.2) is 36.4 Å². The van der Waals surface area contributed by atoms with E-state index in [1.807, 2.05) is 0 Å². The normalized spacial score (nSPS) is 17.9. The molecule has 0 heteroatoms. The molecule has 0 saturated heterocycles. The van der Waals surface area contributed by atoms with Crippen LogP contribution in [0.25, 0.3) is 5.57 Å². The van der Waals surface area contributed by atoms with Gasteiger partial charge in [-0.3, -0.25) is 0 Å². The number of benzene rings is 1. The van der Waals surface area contributed by atoms with E-state index in [9.17, 15) is 0 Å². The maximum absolute atomic E-state index is 2.26. The van der Waals surface area contributed by atoms with Gasteiger partial charge in [-0.2, -0.15) is 0 Å². The third-order valence-corrected chi connectivity index (χ3v) is 2.44. The van der Waals surface area contributed by atoms with Gasteiger partial charge in [0, 0.05) is 0 Å². The fraction of sp³-hybridized carbons (Fsp3) is 0.333. The molecule has 0 aliphatic heterocycles. The standard InChI is InChI=1S/C12H14/c1-2-12(11-8-9-11)10-6-4-3-5-7-10/h2-7,11H,8-9H2,1H3/b12-2-. The molecule has 1 aliphatic rings. The van der Waals surface area contributed by atoms with E-state index in [4.69, 9.17) is 0 Å². The quantitative estimate of drug-likeness (QED) is 0.618. The highest BCUT2D eigenvalue weighted by atomic mass is 14.3. The van der Waals surface area contributed by atoms with E-state index in [-0.39, 0.29) is 0 Å². The molecule has 2 rings (SSSR count). The molecule has 0 bridgehead atoms. The fourth-order valence-electron chi connectivity index (χ4n) is 1.66. The Bertz CT molecular complexity index is 278. The summed E-state index contributed by atoms with van der Waals surface area (Å²) >= 11 is 0. The van der Waals surface area contributed by atoms with E-state index in [0.29, 0.717) is 0 Å². The molecule has 1 aromatic rings. The number of hydrogen-bond donors (Lipinski definition) is 0. The average molecular weight is 158 g/mol. The highest BCUT2D eigenvalue weighted by molar-refractivity contribution is 5.68. The van der Waals surface area contributed by atoms with Crippen LogP contribution < -0.4 is 0 Å². The average Bonchev–Trinajstić information content (AvgIpc) is 2.92. The van der Waals surface area contributed by atoms with Gasteiger partial charge >= 0.3 is 0 Å². The highest BCUT2D eigenvalue weighted by Crippen LogP contribution is 2.41. The molecule has 1 aromatic carbocycles. The van der Waals surface area contributed by atoms with Gasteiger partial charge in [0.1, 0.15) is 0 Å². The first kappa shape index (κ1) is 7.60. The van der Waals surface area contributed by atoms with Crippen LogP contribution in [-0.2, 0) is 0 Å². The Hall–Kier alpha value is -1.04. The largest absolute Gasteiger partial charge is 0.0836 e. The van der Waals surface area contributed by atoms with Gasteiger partial charge in [-0.25, -0.2) is 0 Å². The first-order valence-corrected chi connectivity index (χ1v) is 4.63. The summed E-state index contributed by atoms with van der Waals surface area (Å²) in [5, 5.41) is 0. The molecule has 0 nitrogen and oxygen atoms in total. The molecule has 1 aliphatic carbocycles. The first-order valence-electron chi connectivity index (χ1n) is 4.63. The van der Waals surface area contributed by atoms with E-state index in [1.165, 1.54) is 24.0 Å². The van der Waals surface area contributed by atoms with Gasteiger partial charge in [0.25, 0.3) is 0 Å². The molecule has 0 heterocycles. The van der Waals surface area contributed by atoms with Crippen LogP contribution in [0.4, 0.5) is 0 Å². The minimum absolute atomic E-state index is 0.859.